The van der Waals surface area contributed by atoms with Gasteiger partial charge in [0.2, 0.25) is 0 Å². The van der Waals surface area contributed by atoms with Crippen LogP contribution in [0.5, 0.6) is 5.75 Å². The smallest absolute Gasteiger partial charge is 0.160 e. The Kier molecular flexibility index (Phi) is 10.6. The second-order valence-electron chi connectivity index (χ2n) is 11.5. The van der Waals surface area contributed by atoms with Gasteiger partial charge in [-0.05, 0) is 36.6 Å². The summed E-state index contributed by atoms with van der Waals surface area (Å²) in [5.74, 6) is 1.69. The van der Waals surface area contributed by atoms with E-state index in [9.17, 15) is 9.90 Å². The lowest BCUT2D eigenvalue weighted by atomic mass is 9.75. The maximum Gasteiger partial charge on any atom is 0.160 e. The van der Waals surface area contributed by atoms with Crippen LogP contribution in [0.15, 0.2) is 65.2 Å². The largest absolute Gasteiger partial charge is 0.490 e. The number of piperazine rings is 1. The lowest BCUT2D eigenvalue weighted by molar-refractivity contribution is -0.135. The van der Waals surface area contributed by atoms with E-state index in [-0.39, 0.29) is 12.1 Å². The summed E-state index contributed by atoms with van der Waals surface area (Å²) in [7, 11) is 1.62. The Morgan fingerprint density at radius 3 is 2.52 bits per heavy atom. The van der Waals surface area contributed by atoms with Crippen molar-refractivity contribution in [3.05, 3.63) is 83.2 Å². The van der Waals surface area contributed by atoms with Crippen LogP contribution in [0.1, 0.15) is 54.7 Å². The van der Waals surface area contributed by atoms with Crippen LogP contribution in [0.4, 0.5) is 0 Å². The number of nitrogens with zero attached hydrogens (tertiary/aromatic N) is 3. The van der Waals surface area contributed by atoms with E-state index in [4.69, 9.17) is 14.0 Å². The summed E-state index contributed by atoms with van der Waals surface area (Å²) < 4.78 is 16.5. The summed E-state index contributed by atoms with van der Waals surface area (Å²) in [6.07, 6.45) is 8.97. The zero-order chi connectivity index (χ0) is 29.2. The first-order chi connectivity index (χ1) is 20.6. The van der Waals surface area contributed by atoms with Crippen LogP contribution in [0.2, 0.25) is 0 Å². The van der Waals surface area contributed by atoms with E-state index >= 15 is 0 Å². The first-order valence-corrected chi connectivity index (χ1v) is 15.1. The van der Waals surface area contributed by atoms with Crippen molar-refractivity contribution in [1.29, 1.82) is 0 Å². The minimum Gasteiger partial charge on any atom is -0.490 e. The van der Waals surface area contributed by atoms with Crippen molar-refractivity contribution in [3.8, 4) is 5.75 Å². The molecular weight excluding hydrogens is 530 g/mol. The molecule has 2 aliphatic rings. The van der Waals surface area contributed by atoms with Crippen molar-refractivity contribution in [2.45, 2.75) is 56.8 Å². The number of aromatic nitrogens is 1. The van der Waals surface area contributed by atoms with Crippen molar-refractivity contribution < 1.29 is 23.9 Å². The van der Waals surface area contributed by atoms with Crippen molar-refractivity contribution in [1.82, 2.24) is 15.0 Å². The van der Waals surface area contributed by atoms with Gasteiger partial charge in [-0.2, -0.15) is 0 Å². The van der Waals surface area contributed by atoms with E-state index in [2.05, 4.69) is 27.1 Å². The fourth-order valence-corrected chi connectivity index (χ4v) is 6.29. The van der Waals surface area contributed by atoms with Gasteiger partial charge in [-0.25, -0.2) is 0 Å². The average molecular weight is 574 g/mol. The van der Waals surface area contributed by atoms with Crippen LogP contribution in [-0.2, 0) is 22.6 Å². The predicted molar refractivity (Wildman–Crippen MR) is 163 cm³/mol. The lowest BCUT2D eigenvalue weighted by Crippen LogP contribution is -2.62. The Hall–Kier alpha value is -3.30. The number of carbonyl (C=O) groups is 1. The molecule has 42 heavy (non-hydrogen) atoms. The van der Waals surface area contributed by atoms with Gasteiger partial charge in [0.15, 0.2) is 11.5 Å². The number of hydrogen-bond donors (Lipinski definition) is 1. The molecule has 3 aromatic rings. The van der Waals surface area contributed by atoms with Gasteiger partial charge in [-0.3, -0.25) is 14.6 Å². The fraction of sp³-hybridized carbons (Fsp3) is 0.471. The molecule has 1 aliphatic carbocycles. The number of ether oxygens (including phenoxy) is 2. The number of para-hydroxylation sites is 1. The molecule has 1 unspecified atom stereocenters. The quantitative estimate of drug-likeness (QED) is 0.310. The maximum absolute atomic E-state index is 13.7. The standard InChI is InChI=1S/C34H43N3O5/c1-40-25-29-23-31(42-35-29)15-14-28-12-6-7-13-32(28)41-26-30(38)24-36-18-20-37(21-19-36)34(16-8-3-9-17-34)33(39)22-27-10-4-2-5-11-27/h2,4-7,10-15,23,30,38H,3,8-9,16-22,24-26H2,1H3/b15-14+. The Morgan fingerprint density at radius 2 is 1.76 bits per heavy atom. The first kappa shape index (κ1) is 30.2. The molecule has 224 valence electrons. The van der Waals surface area contributed by atoms with Crippen LogP contribution in [0.3, 0.4) is 0 Å². The molecule has 0 bridgehead atoms. The van der Waals surface area contributed by atoms with Crippen LogP contribution < -0.4 is 4.74 Å². The molecule has 8 heteroatoms. The van der Waals surface area contributed by atoms with E-state index in [0.29, 0.717) is 36.9 Å². The summed E-state index contributed by atoms with van der Waals surface area (Å²) in [5, 5.41) is 14.8. The molecule has 1 atom stereocenters. The molecule has 2 aromatic carbocycles. The molecule has 1 N–H and O–H groups in total. The van der Waals surface area contributed by atoms with Crippen molar-refractivity contribution >= 4 is 17.9 Å². The molecule has 1 saturated carbocycles. The molecular formula is C34H43N3O5. The number of ketones is 1. The topological polar surface area (TPSA) is 88.3 Å². The van der Waals surface area contributed by atoms with Crippen molar-refractivity contribution in [2.24, 2.45) is 0 Å². The summed E-state index contributed by atoms with van der Waals surface area (Å²) in [4.78, 5) is 18.5. The molecule has 5 rings (SSSR count). The fourth-order valence-electron chi connectivity index (χ4n) is 6.29. The molecule has 2 fully saturated rings. The van der Waals surface area contributed by atoms with Crippen molar-refractivity contribution in [2.75, 3.05) is 46.4 Å². The SMILES string of the molecule is COCc1cc(/C=C/c2ccccc2OCC(O)CN2CCN(C3(C(=O)Cc4ccccc4)CCCCC3)CC2)on1. The van der Waals surface area contributed by atoms with E-state index < -0.39 is 6.10 Å². The zero-order valence-electron chi connectivity index (χ0n) is 24.6. The number of Topliss-reactive ketones (excluding diaryl/α,β-unsaturated/α-hetero) is 1. The van der Waals surface area contributed by atoms with Gasteiger partial charge < -0.3 is 19.1 Å². The van der Waals surface area contributed by atoms with E-state index in [1.54, 1.807) is 7.11 Å². The minimum absolute atomic E-state index is 0.199. The third-order valence-electron chi connectivity index (χ3n) is 8.50. The van der Waals surface area contributed by atoms with Gasteiger partial charge in [0.25, 0.3) is 0 Å². The molecule has 0 spiro atoms. The number of benzene rings is 2. The Balaban J connectivity index is 1.12. The molecule has 1 aromatic heterocycles. The Morgan fingerprint density at radius 1 is 1.02 bits per heavy atom. The molecule has 0 amide bonds. The van der Waals surface area contributed by atoms with E-state index in [0.717, 1.165) is 68.7 Å². The van der Waals surface area contributed by atoms with Gasteiger partial charge in [0.1, 0.15) is 24.2 Å². The Bertz CT molecular complexity index is 1290. The number of methoxy groups -OCH3 is 1. The van der Waals surface area contributed by atoms with E-state index in [1.165, 1.54) is 6.42 Å². The Labute approximate surface area is 248 Å². The zero-order valence-corrected chi connectivity index (χ0v) is 24.6. The number of rotatable bonds is 13. The highest BCUT2D eigenvalue weighted by atomic mass is 16.5. The summed E-state index contributed by atoms with van der Waals surface area (Å²) in [5.41, 5.74) is 2.37. The second kappa shape index (κ2) is 14.7. The molecule has 0 radical (unpaired) electrons. The normalized spacial score (nSPS) is 18.7. The van der Waals surface area contributed by atoms with Gasteiger partial charge >= 0.3 is 0 Å². The molecule has 1 saturated heterocycles. The number of aliphatic hydroxyl groups is 1. The monoisotopic (exact) mass is 573 g/mol. The average Bonchev–Trinajstić information content (AvgIpc) is 3.48. The number of β-amino-alcohol motifs (C(OH)–C–C–N with tert-alkyl or cyclic N) is 1. The highest BCUT2D eigenvalue weighted by molar-refractivity contribution is 5.90. The predicted octanol–water partition coefficient (Wildman–Crippen LogP) is 4.86. The summed E-state index contributed by atoms with van der Waals surface area (Å²) >= 11 is 0. The maximum atomic E-state index is 13.7. The number of hydrogen-bond acceptors (Lipinski definition) is 8. The van der Waals surface area contributed by atoms with Crippen LogP contribution in [0.25, 0.3) is 12.2 Å². The van der Waals surface area contributed by atoms with Gasteiger partial charge in [-0.15, -0.1) is 0 Å². The number of aliphatic hydroxyl groups excluding tert-OH is 1. The van der Waals surface area contributed by atoms with Crippen LogP contribution >= 0.6 is 0 Å². The van der Waals surface area contributed by atoms with E-state index in [1.807, 2.05) is 60.7 Å². The molecule has 8 nitrogen and oxygen atoms in total. The molecule has 1 aliphatic heterocycles. The summed E-state index contributed by atoms with van der Waals surface area (Å²) in [6.45, 7) is 4.49. The third-order valence-corrected chi connectivity index (χ3v) is 8.50. The van der Waals surface area contributed by atoms with Crippen molar-refractivity contribution in [3.63, 3.8) is 0 Å². The summed E-state index contributed by atoms with van der Waals surface area (Å²) in [6, 6.07) is 19.7. The highest BCUT2D eigenvalue weighted by Gasteiger charge is 2.44. The third kappa shape index (κ3) is 7.75. The van der Waals surface area contributed by atoms with Gasteiger partial charge in [0, 0.05) is 57.9 Å². The lowest BCUT2D eigenvalue weighted by Gasteiger charge is -2.49. The number of carbonyl (C=O) groups excluding carboxylic acids is 1. The van der Waals surface area contributed by atoms with Gasteiger partial charge in [-0.1, -0.05) is 73.0 Å². The van der Waals surface area contributed by atoms with Crippen LogP contribution in [0, 0.1) is 0 Å². The first-order valence-electron chi connectivity index (χ1n) is 15.1. The van der Waals surface area contributed by atoms with Crippen LogP contribution in [-0.4, -0.2) is 83.9 Å². The second-order valence-corrected chi connectivity index (χ2v) is 11.5. The van der Waals surface area contributed by atoms with Gasteiger partial charge in [0.05, 0.1) is 12.1 Å². The highest BCUT2D eigenvalue weighted by Crippen LogP contribution is 2.36. The minimum atomic E-state index is -0.622. The molecule has 2 heterocycles.